The van der Waals surface area contributed by atoms with Crippen LogP contribution in [-0.2, 0) is 15.4 Å². The molecule has 0 fully saturated rings. The highest BCUT2D eigenvalue weighted by molar-refractivity contribution is 7.89. The van der Waals surface area contributed by atoms with Gasteiger partial charge in [0, 0.05) is 17.7 Å². The summed E-state index contributed by atoms with van der Waals surface area (Å²) in [7, 11) is -3.49. The Balaban J connectivity index is 2.86. The van der Waals surface area contributed by atoms with Crippen LogP contribution in [0.15, 0.2) is 12.1 Å². The SMILES string of the molecule is CC(C)(C)c1cc(C(=O)O)cc(NCCCS(N)(=O)=O)n1. The molecule has 0 aliphatic carbocycles. The van der Waals surface area contributed by atoms with Crippen molar-refractivity contribution in [1.82, 2.24) is 4.98 Å². The molecule has 4 N–H and O–H groups in total. The first-order chi connectivity index (χ1) is 9.49. The molecule has 1 aromatic heterocycles. The van der Waals surface area contributed by atoms with Crippen molar-refractivity contribution in [1.29, 1.82) is 0 Å². The molecule has 0 unspecified atom stereocenters. The zero-order valence-electron chi connectivity index (χ0n) is 12.4. The van der Waals surface area contributed by atoms with Gasteiger partial charge in [-0.2, -0.15) is 0 Å². The molecule has 1 rings (SSSR count). The van der Waals surface area contributed by atoms with Gasteiger partial charge in [-0.1, -0.05) is 20.8 Å². The molecule has 0 radical (unpaired) electrons. The normalized spacial score (nSPS) is 12.2. The number of nitrogens with one attached hydrogen (secondary N) is 1. The Hall–Kier alpha value is -1.67. The third kappa shape index (κ3) is 6.09. The van der Waals surface area contributed by atoms with Crippen LogP contribution in [0, 0.1) is 0 Å². The van der Waals surface area contributed by atoms with Gasteiger partial charge in [0.1, 0.15) is 5.82 Å². The minimum Gasteiger partial charge on any atom is -0.478 e. The summed E-state index contributed by atoms with van der Waals surface area (Å²) in [6.07, 6.45) is 0.322. The molecule has 0 saturated carbocycles. The lowest BCUT2D eigenvalue weighted by atomic mass is 9.91. The second kappa shape index (κ2) is 6.40. The van der Waals surface area contributed by atoms with E-state index in [-0.39, 0.29) is 16.7 Å². The van der Waals surface area contributed by atoms with Crippen LogP contribution in [0.3, 0.4) is 0 Å². The van der Waals surface area contributed by atoms with Gasteiger partial charge in [0.05, 0.1) is 11.3 Å². The van der Waals surface area contributed by atoms with E-state index < -0.39 is 16.0 Å². The minimum atomic E-state index is -3.49. The van der Waals surface area contributed by atoms with Crippen LogP contribution in [0.2, 0.25) is 0 Å². The molecule has 0 amide bonds. The molecule has 1 aromatic rings. The van der Waals surface area contributed by atoms with Crippen molar-refractivity contribution >= 4 is 21.8 Å². The third-order valence-electron chi connectivity index (χ3n) is 2.75. The summed E-state index contributed by atoms with van der Waals surface area (Å²) in [5, 5.41) is 17.0. The number of carbonyl (C=O) groups is 1. The molecule has 0 aliphatic rings. The monoisotopic (exact) mass is 315 g/mol. The van der Waals surface area contributed by atoms with Gasteiger partial charge in [0.2, 0.25) is 10.0 Å². The lowest BCUT2D eigenvalue weighted by Crippen LogP contribution is -2.20. The highest BCUT2D eigenvalue weighted by Gasteiger charge is 2.19. The molecule has 118 valence electrons. The quantitative estimate of drug-likeness (QED) is 0.677. The lowest BCUT2D eigenvalue weighted by Gasteiger charge is -2.19. The number of primary sulfonamides is 1. The Morgan fingerprint density at radius 2 is 2.00 bits per heavy atom. The van der Waals surface area contributed by atoms with Crippen LogP contribution in [0.4, 0.5) is 5.82 Å². The number of hydrogen-bond donors (Lipinski definition) is 3. The van der Waals surface area contributed by atoms with E-state index in [4.69, 9.17) is 10.2 Å². The first kappa shape index (κ1) is 17.4. The number of nitrogens with two attached hydrogens (primary N) is 1. The Morgan fingerprint density at radius 1 is 1.38 bits per heavy atom. The number of hydrogen-bond acceptors (Lipinski definition) is 5. The van der Waals surface area contributed by atoms with Crippen LogP contribution in [0.1, 0.15) is 43.2 Å². The van der Waals surface area contributed by atoms with Crippen molar-refractivity contribution in [2.45, 2.75) is 32.6 Å². The first-order valence-corrected chi connectivity index (χ1v) is 8.21. The van der Waals surface area contributed by atoms with E-state index in [1.165, 1.54) is 12.1 Å². The average molecular weight is 315 g/mol. The van der Waals surface area contributed by atoms with E-state index in [1.807, 2.05) is 20.8 Å². The van der Waals surface area contributed by atoms with Crippen molar-refractivity contribution in [3.63, 3.8) is 0 Å². The van der Waals surface area contributed by atoms with Crippen LogP contribution < -0.4 is 10.5 Å². The van der Waals surface area contributed by atoms with Crippen molar-refractivity contribution < 1.29 is 18.3 Å². The van der Waals surface area contributed by atoms with Crippen molar-refractivity contribution in [3.8, 4) is 0 Å². The molecule has 0 bridgehead atoms. The summed E-state index contributed by atoms with van der Waals surface area (Å²) >= 11 is 0. The molecule has 0 atom stereocenters. The highest BCUT2D eigenvalue weighted by Crippen LogP contribution is 2.23. The molecular weight excluding hydrogens is 294 g/mol. The minimum absolute atomic E-state index is 0.134. The summed E-state index contributed by atoms with van der Waals surface area (Å²) in [6, 6.07) is 2.96. The summed E-state index contributed by atoms with van der Waals surface area (Å²) < 4.78 is 21.7. The molecule has 21 heavy (non-hydrogen) atoms. The maximum atomic E-state index is 11.1. The molecule has 7 nitrogen and oxygen atoms in total. The zero-order valence-corrected chi connectivity index (χ0v) is 13.2. The fourth-order valence-corrected chi connectivity index (χ4v) is 2.17. The Kier molecular flexibility index (Phi) is 5.30. The molecule has 0 spiro atoms. The molecule has 8 heteroatoms. The highest BCUT2D eigenvalue weighted by atomic mass is 32.2. The van der Waals surface area contributed by atoms with Gasteiger partial charge in [-0.3, -0.25) is 0 Å². The van der Waals surface area contributed by atoms with Crippen molar-refractivity contribution in [3.05, 3.63) is 23.4 Å². The van der Waals surface area contributed by atoms with Gasteiger partial charge in [-0.05, 0) is 18.6 Å². The van der Waals surface area contributed by atoms with E-state index in [9.17, 15) is 13.2 Å². The number of carboxylic acids is 1. The average Bonchev–Trinajstić information content (AvgIpc) is 2.32. The second-order valence-corrected chi connectivity index (χ2v) is 7.56. The van der Waals surface area contributed by atoms with Crippen LogP contribution in [0.5, 0.6) is 0 Å². The summed E-state index contributed by atoms with van der Waals surface area (Å²) in [4.78, 5) is 15.5. The number of anilines is 1. The van der Waals surface area contributed by atoms with Crippen molar-refractivity contribution in [2.75, 3.05) is 17.6 Å². The fourth-order valence-electron chi connectivity index (χ4n) is 1.62. The third-order valence-corrected chi connectivity index (χ3v) is 3.61. The largest absolute Gasteiger partial charge is 0.478 e. The fraction of sp³-hybridized carbons (Fsp3) is 0.538. The molecule has 1 heterocycles. The predicted octanol–water partition coefficient (Wildman–Crippen LogP) is 1.17. The van der Waals surface area contributed by atoms with Crippen LogP contribution in [-0.4, -0.2) is 36.8 Å². The molecule has 0 aromatic carbocycles. The summed E-state index contributed by atoms with van der Waals surface area (Å²) in [5.41, 5.74) is 0.503. The Labute approximate surface area is 124 Å². The molecule has 0 saturated heterocycles. The van der Waals surface area contributed by atoms with Crippen LogP contribution in [0.25, 0.3) is 0 Å². The number of aromatic nitrogens is 1. The van der Waals surface area contributed by atoms with E-state index in [1.54, 1.807) is 0 Å². The maximum Gasteiger partial charge on any atom is 0.335 e. The lowest BCUT2D eigenvalue weighted by molar-refractivity contribution is 0.0696. The smallest absolute Gasteiger partial charge is 0.335 e. The summed E-state index contributed by atoms with van der Waals surface area (Å²) in [6.45, 7) is 6.15. The van der Waals surface area contributed by atoms with Gasteiger partial charge in [0.25, 0.3) is 0 Å². The molecular formula is C13H21N3O4S. The van der Waals surface area contributed by atoms with Gasteiger partial charge in [0.15, 0.2) is 0 Å². The summed E-state index contributed by atoms with van der Waals surface area (Å²) in [5.74, 6) is -0.755. The van der Waals surface area contributed by atoms with Gasteiger partial charge in [-0.15, -0.1) is 0 Å². The van der Waals surface area contributed by atoms with Gasteiger partial charge < -0.3 is 10.4 Å². The number of carboxylic acid groups (broad SMARTS) is 1. The van der Waals surface area contributed by atoms with Crippen LogP contribution >= 0.6 is 0 Å². The van der Waals surface area contributed by atoms with E-state index in [0.717, 1.165) is 0 Å². The van der Waals surface area contributed by atoms with E-state index in [2.05, 4.69) is 10.3 Å². The van der Waals surface area contributed by atoms with E-state index >= 15 is 0 Å². The topological polar surface area (TPSA) is 122 Å². The number of aromatic carboxylic acids is 1. The van der Waals surface area contributed by atoms with Crippen molar-refractivity contribution in [2.24, 2.45) is 5.14 Å². The zero-order chi connectivity index (χ0) is 16.3. The predicted molar refractivity (Wildman–Crippen MR) is 81.0 cm³/mol. The Bertz CT molecular complexity index is 621. The Morgan fingerprint density at radius 3 is 2.48 bits per heavy atom. The van der Waals surface area contributed by atoms with Gasteiger partial charge >= 0.3 is 5.97 Å². The molecule has 0 aliphatic heterocycles. The number of sulfonamides is 1. The first-order valence-electron chi connectivity index (χ1n) is 6.49. The number of nitrogens with zero attached hydrogens (tertiary/aromatic N) is 1. The maximum absolute atomic E-state index is 11.1. The number of rotatable bonds is 6. The standard InChI is InChI=1S/C13H21N3O4S/c1-13(2,3)10-7-9(12(17)18)8-11(16-10)15-5-4-6-21(14,19)20/h7-8H,4-6H2,1-3H3,(H,15,16)(H,17,18)(H2,14,19,20). The van der Waals surface area contributed by atoms with Gasteiger partial charge in [-0.25, -0.2) is 23.3 Å². The number of pyridine rings is 1. The van der Waals surface area contributed by atoms with E-state index in [0.29, 0.717) is 24.5 Å². The second-order valence-electron chi connectivity index (χ2n) is 5.83.